The highest BCUT2D eigenvalue weighted by atomic mass is 16.6. The summed E-state index contributed by atoms with van der Waals surface area (Å²) in [4.78, 5) is 24.4. The van der Waals surface area contributed by atoms with E-state index < -0.39 is 35.4 Å². The van der Waals surface area contributed by atoms with Gasteiger partial charge in [-0.15, -0.1) is 0 Å². The third-order valence-corrected chi connectivity index (χ3v) is 2.79. The van der Waals surface area contributed by atoms with Crippen molar-refractivity contribution in [2.75, 3.05) is 0 Å². The van der Waals surface area contributed by atoms with Crippen molar-refractivity contribution in [1.29, 1.82) is 0 Å². The molecule has 0 unspecified atom stereocenters. The molecule has 0 saturated carbocycles. The third kappa shape index (κ3) is 7.00. The second-order valence-electron chi connectivity index (χ2n) is 7.51. The second-order valence-corrected chi connectivity index (χ2v) is 7.51. The Balaban J connectivity index is 2.99. The first-order chi connectivity index (χ1) is 10.9. The van der Waals surface area contributed by atoms with Crippen LogP contribution in [0.1, 0.15) is 53.2 Å². The molecule has 0 aliphatic heterocycles. The summed E-state index contributed by atoms with van der Waals surface area (Å²) < 4.78 is 10.5. The molecule has 0 radical (unpaired) electrons. The van der Waals surface area contributed by atoms with E-state index in [2.05, 4.69) is 5.32 Å². The minimum Gasteiger partial charge on any atom is -0.458 e. The monoisotopic (exact) mass is 337 g/mol. The predicted molar refractivity (Wildman–Crippen MR) is 90.4 cm³/mol. The lowest BCUT2D eigenvalue weighted by Gasteiger charge is -2.28. The number of benzene rings is 1. The van der Waals surface area contributed by atoms with E-state index in [4.69, 9.17) is 9.47 Å². The van der Waals surface area contributed by atoms with Crippen LogP contribution in [0.25, 0.3) is 0 Å². The van der Waals surface area contributed by atoms with Crippen molar-refractivity contribution in [3.63, 3.8) is 0 Å². The van der Waals surface area contributed by atoms with Gasteiger partial charge in [0.2, 0.25) is 0 Å². The maximum Gasteiger partial charge on any atom is 0.408 e. The van der Waals surface area contributed by atoms with Gasteiger partial charge in [0.05, 0.1) is 0 Å². The molecule has 0 aliphatic carbocycles. The van der Waals surface area contributed by atoms with Gasteiger partial charge in [0.25, 0.3) is 0 Å². The molecular formula is C18H27NO5. The van der Waals surface area contributed by atoms with E-state index in [9.17, 15) is 14.7 Å². The molecule has 2 atom stereocenters. The molecule has 2 N–H and O–H groups in total. The summed E-state index contributed by atoms with van der Waals surface area (Å²) in [5.74, 6) is -0.732. The SMILES string of the molecule is CC(C)(C)OC(=O)N[C@@H](C(=O)OC(C)(C)C)[C@@H](O)c1ccccc1. The summed E-state index contributed by atoms with van der Waals surface area (Å²) in [6.07, 6.45) is -2.05. The van der Waals surface area contributed by atoms with E-state index in [1.807, 2.05) is 0 Å². The van der Waals surface area contributed by atoms with Crippen LogP contribution in [0.2, 0.25) is 0 Å². The van der Waals surface area contributed by atoms with Crippen molar-refractivity contribution in [2.24, 2.45) is 0 Å². The minimum atomic E-state index is -1.28. The molecular weight excluding hydrogens is 310 g/mol. The number of hydrogen-bond acceptors (Lipinski definition) is 5. The molecule has 1 aromatic carbocycles. The summed E-state index contributed by atoms with van der Waals surface area (Å²) in [5.41, 5.74) is -0.980. The molecule has 0 aliphatic rings. The highest BCUT2D eigenvalue weighted by Gasteiger charge is 2.34. The Morgan fingerprint density at radius 2 is 1.46 bits per heavy atom. The van der Waals surface area contributed by atoms with Gasteiger partial charge in [0.1, 0.15) is 17.3 Å². The number of amides is 1. The Hall–Kier alpha value is -2.08. The Labute approximate surface area is 143 Å². The normalized spacial score (nSPS) is 14.5. The van der Waals surface area contributed by atoms with Gasteiger partial charge in [-0.05, 0) is 47.1 Å². The number of carbonyl (C=O) groups is 2. The van der Waals surface area contributed by atoms with Crippen LogP contribution >= 0.6 is 0 Å². The molecule has 1 aromatic rings. The van der Waals surface area contributed by atoms with Gasteiger partial charge in [-0.25, -0.2) is 9.59 Å². The molecule has 24 heavy (non-hydrogen) atoms. The average molecular weight is 337 g/mol. The van der Waals surface area contributed by atoms with E-state index >= 15 is 0 Å². The highest BCUT2D eigenvalue weighted by Crippen LogP contribution is 2.20. The largest absolute Gasteiger partial charge is 0.458 e. The molecule has 0 heterocycles. The fourth-order valence-corrected chi connectivity index (χ4v) is 1.91. The number of nitrogens with one attached hydrogen (secondary N) is 1. The first kappa shape index (κ1) is 20.0. The lowest BCUT2D eigenvalue weighted by molar-refractivity contribution is -0.160. The van der Waals surface area contributed by atoms with Crippen molar-refractivity contribution in [3.05, 3.63) is 35.9 Å². The molecule has 0 bridgehead atoms. The average Bonchev–Trinajstić information content (AvgIpc) is 2.41. The molecule has 1 amide bonds. The number of aliphatic hydroxyl groups is 1. The van der Waals surface area contributed by atoms with Gasteiger partial charge in [-0.2, -0.15) is 0 Å². The lowest BCUT2D eigenvalue weighted by Crippen LogP contribution is -2.49. The molecule has 1 rings (SSSR count). The zero-order valence-corrected chi connectivity index (χ0v) is 15.1. The summed E-state index contributed by atoms with van der Waals surface area (Å²) in [6, 6.07) is 7.31. The van der Waals surface area contributed by atoms with Gasteiger partial charge >= 0.3 is 12.1 Å². The lowest BCUT2D eigenvalue weighted by atomic mass is 10.0. The summed E-state index contributed by atoms with van der Waals surface area (Å²) in [6.45, 7) is 10.3. The fourth-order valence-electron chi connectivity index (χ4n) is 1.91. The number of esters is 1. The maximum atomic E-state index is 12.4. The molecule has 0 saturated heterocycles. The van der Waals surface area contributed by atoms with Crippen molar-refractivity contribution in [3.8, 4) is 0 Å². The molecule has 6 heteroatoms. The molecule has 134 valence electrons. The van der Waals surface area contributed by atoms with Crippen molar-refractivity contribution in [2.45, 2.75) is 64.9 Å². The Kier molecular flexibility index (Phi) is 6.37. The first-order valence-electron chi connectivity index (χ1n) is 7.84. The van der Waals surface area contributed by atoms with E-state index in [0.29, 0.717) is 5.56 Å². The van der Waals surface area contributed by atoms with E-state index in [1.165, 1.54) is 0 Å². The van der Waals surface area contributed by atoms with Crippen molar-refractivity contribution < 1.29 is 24.2 Å². The van der Waals surface area contributed by atoms with E-state index in [1.54, 1.807) is 71.9 Å². The minimum absolute atomic E-state index is 0.490. The molecule has 0 fully saturated rings. The first-order valence-corrected chi connectivity index (χ1v) is 7.84. The Morgan fingerprint density at radius 3 is 1.92 bits per heavy atom. The predicted octanol–water partition coefficient (Wildman–Crippen LogP) is 2.96. The van der Waals surface area contributed by atoms with Gasteiger partial charge in [-0.3, -0.25) is 0 Å². The maximum absolute atomic E-state index is 12.4. The standard InChI is InChI=1S/C18H27NO5/c1-17(2,3)23-15(21)13(19-16(22)24-18(4,5)6)14(20)12-10-8-7-9-11-12/h7-11,13-14,20H,1-6H3,(H,19,22)/t13-,14+/m1/s1. The van der Waals surface area contributed by atoms with Gasteiger partial charge in [0.15, 0.2) is 6.04 Å². The van der Waals surface area contributed by atoms with Gasteiger partial charge in [0, 0.05) is 0 Å². The Morgan fingerprint density at radius 1 is 0.958 bits per heavy atom. The fraction of sp³-hybridized carbons (Fsp3) is 0.556. The number of alkyl carbamates (subject to hydrolysis) is 1. The molecule has 0 aromatic heterocycles. The number of ether oxygens (including phenoxy) is 2. The van der Waals surface area contributed by atoms with Crippen molar-refractivity contribution >= 4 is 12.1 Å². The third-order valence-electron chi connectivity index (χ3n) is 2.79. The Bertz CT molecular complexity index is 557. The van der Waals surface area contributed by atoms with E-state index in [-0.39, 0.29) is 0 Å². The number of hydrogen-bond donors (Lipinski definition) is 2. The number of carbonyl (C=O) groups excluding carboxylic acids is 2. The second kappa shape index (κ2) is 7.66. The quantitative estimate of drug-likeness (QED) is 0.825. The zero-order valence-electron chi connectivity index (χ0n) is 15.1. The summed E-state index contributed by atoms with van der Waals surface area (Å²) in [5, 5.41) is 12.9. The smallest absolute Gasteiger partial charge is 0.408 e. The van der Waals surface area contributed by atoms with Gasteiger partial charge < -0.3 is 19.9 Å². The summed E-state index contributed by atoms with van der Waals surface area (Å²) >= 11 is 0. The molecule has 0 spiro atoms. The number of rotatable bonds is 4. The zero-order chi connectivity index (χ0) is 18.5. The van der Waals surface area contributed by atoms with Crippen LogP contribution in [0.3, 0.4) is 0 Å². The summed E-state index contributed by atoms with van der Waals surface area (Å²) in [7, 11) is 0. The van der Waals surface area contributed by atoms with Crippen molar-refractivity contribution in [1.82, 2.24) is 5.32 Å². The highest BCUT2D eigenvalue weighted by molar-refractivity contribution is 5.82. The topological polar surface area (TPSA) is 84.9 Å². The van der Waals surface area contributed by atoms with Gasteiger partial charge in [-0.1, -0.05) is 30.3 Å². The van der Waals surface area contributed by atoms with Crippen LogP contribution in [-0.2, 0) is 14.3 Å². The van der Waals surface area contributed by atoms with Crippen LogP contribution < -0.4 is 5.32 Å². The van der Waals surface area contributed by atoms with Crippen LogP contribution in [0.4, 0.5) is 4.79 Å². The molecule has 6 nitrogen and oxygen atoms in total. The number of aliphatic hydroxyl groups excluding tert-OH is 1. The van der Waals surface area contributed by atoms with Crippen LogP contribution in [0.15, 0.2) is 30.3 Å². The van der Waals surface area contributed by atoms with Crippen LogP contribution in [-0.4, -0.2) is 34.4 Å². The van der Waals surface area contributed by atoms with Crippen LogP contribution in [0, 0.1) is 0 Å². The van der Waals surface area contributed by atoms with Crippen LogP contribution in [0.5, 0.6) is 0 Å². The van der Waals surface area contributed by atoms with E-state index in [0.717, 1.165) is 0 Å².